The summed E-state index contributed by atoms with van der Waals surface area (Å²) in [6.45, 7) is 1.32. The predicted molar refractivity (Wildman–Crippen MR) is 113 cm³/mol. The highest BCUT2D eigenvalue weighted by molar-refractivity contribution is 7.99. The van der Waals surface area contributed by atoms with Crippen molar-refractivity contribution in [2.24, 2.45) is 7.05 Å². The van der Waals surface area contributed by atoms with Gasteiger partial charge in [0, 0.05) is 48.7 Å². The SMILES string of the molecule is Cn1c(SCC(=O)N2CCc3[nH]c4ccccc4c3C2)nc2ccsc2c1=O. The van der Waals surface area contributed by atoms with Crippen LogP contribution in [0.1, 0.15) is 11.3 Å². The quantitative estimate of drug-likeness (QED) is 0.416. The van der Waals surface area contributed by atoms with Gasteiger partial charge < -0.3 is 9.88 Å². The molecule has 0 fully saturated rings. The molecule has 1 aliphatic rings. The largest absolute Gasteiger partial charge is 0.358 e. The van der Waals surface area contributed by atoms with E-state index in [4.69, 9.17) is 0 Å². The van der Waals surface area contributed by atoms with E-state index in [1.54, 1.807) is 7.05 Å². The number of amides is 1. The Hall–Kier alpha value is -2.58. The van der Waals surface area contributed by atoms with Crippen LogP contribution in [0.5, 0.6) is 0 Å². The van der Waals surface area contributed by atoms with Crippen LogP contribution in [0.4, 0.5) is 0 Å². The van der Waals surface area contributed by atoms with Gasteiger partial charge in [0.05, 0.1) is 11.3 Å². The Kier molecular flexibility index (Phi) is 4.25. The number of aromatic nitrogens is 3. The molecule has 8 heteroatoms. The molecule has 1 N–H and O–H groups in total. The average molecular weight is 411 g/mol. The lowest BCUT2D eigenvalue weighted by atomic mass is 10.0. The van der Waals surface area contributed by atoms with Gasteiger partial charge in [-0.25, -0.2) is 4.98 Å². The van der Waals surface area contributed by atoms with Crippen molar-refractivity contribution in [3.8, 4) is 0 Å². The molecule has 0 aliphatic carbocycles. The third-order valence-electron chi connectivity index (χ3n) is 5.21. The highest BCUT2D eigenvalue weighted by Crippen LogP contribution is 2.28. The Morgan fingerprint density at radius 1 is 1.32 bits per heavy atom. The highest BCUT2D eigenvalue weighted by Gasteiger charge is 2.24. The zero-order valence-electron chi connectivity index (χ0n) is 15.3. The molecule has 4 heterocycles. The van der Waals surface area contributed by atoms with Gasteiger partial charge in [-0.15, -0.1) is 11.3 Å². The van der Waals surface area contributed by atoms with Gasteiger partial charge in [0.2, 0.25) is 5.91 Å². The van der Waals surface area contributed by atoms with Crippen LogP contribution in [0.25, 0.3) is 21.1 Å². The number of nitrogens with zero attached hydrogens (tertiary/aromatic N) is 3. The second-order valence-corrected chi connectivity index (χ2v) is 8.73. The molecule has 0 unspecified atom stereocenters. The number of carbonyl (C=O) groups is 1. The minimum Gasteiger partial charge on any atom is -0.358 e. The lowest BCUT2D eigenvalue weighted by Crippen LogP contribution is -2.37. The Balaban J connectivity index is 1.34. The number of thioether (sulfide) groups is 1. The molecule has 3 aromatic heterocycles. The van der Waals surface area contributed by atoms with Crippen LogP contribution >= 0.6 is 23.1 Å². The lowest BCUT2D eigenvalue weighted by molar-refractivity contribution is -0.129. The second-order valence-electron chi connectivity index (χ2n) is 6.88. The third kappa shape index (κ3) is 2.84. The van der Waals surface area contributed by atoms with Gasteiger partial charge in [0.1, 0.15) is 4.70 Å². The maximum atomic E-state index is 12.8. The molecular weight excluding hydrogens is 392 g/mol. The molecule has 6 nitrogen and oxygen atoms in total. The monoisotopic (exact) mass is 410 g/mol. The summed E-state index contributed by atoms with van der Waals surface area (Å²) in [5, 5.41) is 3.63. The van der Waals surface area contributed by atoms with Gasteiger partial charge >= 0.3 is 0 Å². The van der Waals surface area contributed by atoms with Crippen LogP contribution in [-0.2, 0) is 24.8 Å². The van der Waals surface area contributed by atoms with E-state index in [1.165, 1.54) is 44.3 Å². The number of H-pyrrole nitrogens is 1. The first-order valence-electron chi connectivity index (χ1n) is 9.05. The normalized spacial score (nSPS) is 14.0. The van der Waals surface area contributed by atoms with E-state index in [0.717, 1.165) is 11.9 Å². The van der Waals surface area contributed by atoms with Gasteiger partial charge in [0.25, 0.3) is 5.56 Å². The summed E-state index contributed by atoms with van der Waals surface area (Å²) in [6, 6.07) is 10.1. The van der Waals surface area contributed by atoms with Crippen molar-refractivity contribution in [1.82, 2.24) is 19.4 Å². The molecule has 0 saturated heterocycles. The minimum atomic E-state index is -0.0589. The summed E-state index contributed by atoms with van der Waals surface area (Å²) in [7, 11) is 1.71. The number of hydrogen-bond acceptors (Lipinski definition) is 5. The van der Waals surface area contributed by atoms with E-state index in [0.29, 0.717) is 28.5 Å². The van der Waals surface area contributed by atoms with Crippen molar-refractivity contribution < 1.29 is 4.79 Å². The first-order chi connectivity index (χ1) is 13.6. The van der Waals surface area contributed by atoms with Crippen LogP contribution < -0.4 is 5.56 Å². The zero-order valence-corrected chi connectivity index (χ0v) is 16.9. The van der Waals surface area contributed by atoms with Crippen LogP contribution in [0, 0.1) is 0 Å². The Bertz CT molecular complexity index is 1270. The number of para-hydroxylation sites is 1. The maximum absolute atomic E-state index is 12.8. The van der Waals surface area contributed by atoms with Gasteiger partial charge in [0.15, 0.2) is 5.16 Å². The molecule has 1 aliphatic heterocycles. The topological polar surface area (TPSA) is 71.0 Å². The molecule has 0 atom stereocenters. The summed E-state index contributed by atoms with van der Waals surface area (Å²) < 4.78 is 2.19. The van der Waals surface area contributed by atoms with E-state index in [2.05, 4.69) is 22.1 Å². The summed E-state index contributed by atoms with van der Waals surface area (Å²) in [4.78, 5) is 35.2. The maximum Gasteiger partial charge on any atom is 0.271 e. The Morgan fingerprint density at radius 3 is 3.07 bits per heavy atom. The highest BCUT2D eigenvalue weighted by atomic mass is 32.2. The number of hydrogen-bond donors (Lipinski definition) is 1. The molecule has 5 rings (SSSR count). The molecule has 1 aromatic carbocycles. The van der Waals surface area contributed by atoms with Crippen molar-refractivity contribution >= 4 is 50.1 Å². The lowest BCUT2D eigenvalue weighted by Gasteiger charge is -2.27. The Morgan fingerprint density at radius 2 is 2.18 bits per heavy atom. The molecule has 0 bridgehead atoms. The fraction of sp³-hybridized carbons (Fsp3) is 0.250. The van der Waals surface area contributed by atoms with Crippen molar-refractivity contribution in [2.75, 3.05) is 12.3 Å². The van der Waals surface area contributed by atoms with Crippen molar-refractivity contribution in [3.63, 3.8) is 0 Å². The minimum absolute atomic E-state index is 0.0589. The van der Waals surface area contributed by atoms with E-state index in [-0.39, 0.29) is 17.2 Å². The standard InChI is InChI=1S/C20H18N4O2S2/c1-23-19(26)18-16(7-9-27-18)22-20(23)28-11-17(25)24-8-6-15-13(10-24)12-4-2-3-5-14(12)21-15/h2-5,7,9,21H,6,8,10-11H2,1H3. The van der Waals surface area contributed by atoms with Crippen LogP contribution in [0.15, 0.2) is 45.7 Å². The molecular formula is C20H18N4O2S2. The summed E-state index contributed by atoms with van der Waals surface area (Å²) >= 11 is 2.72. The van der Waals surface area contributed by atoms with Crippen molar-refractivity contribution in [2.45, 2.75) is 18.1 Å². The van der Waals surface area contributed by atoms with Crippen LogP contribution in [-0.4, -0.2) is 37.6 Å². The average Bonchev–Trinajstić information content (AvgIpc) is 3.33. The van der Waals surface area contributed by atoms with E-state index < -0.39 is 0 Å². The summed E-state index contributed by atoms with van der Waals surface area (Å²) in [5.41, 5.74) is 4.20. The van der Waals surface area contributed by atoms with Crippen LogP contribution in [0.2, 0.25) is 0 Å². The van der Waals surface area contributed by atoms with Gasteiger partial charge in [-0.2, -0.15) is 0 Å². The molecule has 0 saturated carbocycles. The van der Waals surface area contributed by atoms with Gasteiger partial charge in [-0.1, -0.05) is 30.0 Å². The summed E-state index contributed by atoms with van der Waals surface area (Å²) in [5.74, 6) is 0.341. The van der Waals surface area contributed by atoms with E-state index in [9.17, 15) is 9.59 Å². The molecule has 142 valence electrons. The van der Waals surface area contributed by atoms with Gasteiger partial charge in [-0.3, -0.25) is 14.2 Å². The molecule has 4 aromatic rings. The fourth-order valence-corrected chi connectivity index (χ4v) is 5.37. The number of thiophene rings is 1. The smallest absolute Gasteiger partial charge is 0.271 e. The van der Waals surface area contributed by atoms with E-state index >= 15 is 0 Å². The first kappa shape index (κ1) is 17.5. The number of benzene rings is 1. The molecule has 0 spiro atoms. The van der Waals surface area contributed by atoms with Crippen molar-refractivity contribution in [1.29, 1.82) is 0 Å². The first-order valence-corrected chi connectivity index (χ1v) is 10.9. The number of aromatic amines is 1. The Labute approximate surface area is 169 Å². The number of rotatable bonds is 3. The zero-order chi connectivity index (χ0) is 19.3. The fourth-order valence-electron chi connectivity index (χ4n) is 3.69. The van der Waals surface area contributed by atoms with E-state index in [1.807, 2.05) is 28.5 Å². The number of carbonyl (C=O) groups excluding carboxylic acids is 1. The summed E-state index contributed by atoms with van der Waals surface area (Å²) in [6.07, 6.45) is 0.831. The molecule has 1 amide bonds. The van der Waals surface area contributed by atoms with Gasteiger partial charge in [-0.05, 0) is 17.5 Å². The number of fused-ring (bicyclic) bond motifs is 4. The number of nitrogens with one attached hydrogen (secondary N) is 1. The third-order valence-corrected chi connectivity index (χ3v) is 7.11. The molecule has 28 heavy (non-hydrogen) atoms. The van der Waals surface area contributed by atoms with Crippen molar-refractivity contribution in [3.05, 3.63) is 57.3 Å². The predicted octanol–water partition coefficient (Wildman–Crippen LogP) is 3.15. The second kappa shape index (κ2) is 6.79. The molecule has 0 radical (unpaired) electrons. The van der Waals surface area contributed by atoms with Crippen LogP contribution in [0.3, 0.4) is 0 Å².